The van der Waals surface area contributed by atoms with Gasteiger partial charge in [-0.3, -0.25) is 4.79 Å². The van der Waals surface area contributed by atoms with Gasteiger partial charge in [0, 0.05) is 18.1 Å². The SMILES string of the molecule is Cc1ccccc1NC(=O)c1cc2c(=O)oc3ccccc3c2n1C. The zero-order chi connectivity index (χ0) is 17.6. The average Bonchev–Trinajstić information content (AvgIpc) is 2.96. The van der Waals surface area contributed by atoms with Crippen LogP contribution in [0.5, 0.6) is 0 Å². The first-order valence-electron chi connectivity index (χ1n) is 7.94. The molecule has 0 saturated carbocycles. The van der Waals surface area contributed by atoms with Gasteiger partial charge in [0.1, 0.15) is 11.3 Å². The summed E-state index contributed by atoms with van der Waals surface area (Å²) in [5.41, 5.74) is 2.88. The summed E-state index contributed by atoms with van der Waals surface area (Å²) >= 11 is 0. The van der Waals surface area contributed by atoms with Gasteiger partial charge >= 0.3 is 5.63 Å². The monoisotopic (exact) mass is 332 g/mol. The second kappa shape index (κ2) is 5.63. The van der Waals surface area contributed by atoms with Crippen molar-refractivity contribution < 1.29 is 9.21 Å². The number of nitrogens with one attached hydrogen (secondary N) is 1. The molecule has 1 N–H and O–H groups in total. The Bertz CT molecular complexity index is 1180. The quantitative estimate of drug-likeness (QED) is 0.567. The number of aromatic nitrogens is 1. The molecule has 0 radical (unpaired) electrons. The molecule has 5 nitrogen and oxygen atoms in total. The Kier molecular flexibility index (Phi) is 3.42. The molecule has 124 valence electrons. The third kappa shape index (κ3) is 2.41. The maximum absolute atomic E-state index is 12.7. The smallest absolute Gasteiger partial charge is 0.345 e. The zero-order valence-corrected chi connectivity index (χ0v) is 13.9. The molecular weight excluding hydrogens is 316 g/mol. The molecular formula is C20H16N2O3. The van der Waals surface area contributed by atoms with E-state index in [0.29, 0.717) is 22.2 Å². The van der Waals surface area contributed by atoms with Crippen LogP contribution in [0.4, 0.5) is 5.69 Å². The largest absolute Gasteiger partial charge is 0.422 e. The highest BCUT2D eigenvalue weighted by Gasteiger charge is 2.18. The summed E-state index contributed by atoms with van der Waals surface area (Å²) in [5.74, 6) is -0.267. The third-order valence-corrected chi connectivity index (χ3v) is 4.42. The molecule has 0 aliphatic heterocycles. The molecule has 0 aliphatic rings. The number of para-hydroxylation sites is 2. The van der Waals surface area contributed by atoms with Crippen molar-refractivity contribution in [1.82, 2.24) is 4.57 Å². The molecule has 4 rings (SSSR count). The Morgan fingerprint density at radius 3 is 2.56 bits per heavy atom. The van der Waals surface area contributed by atoms with Crippen LogP contribution in [0.25, 0.3) is 21.9 Å². The van der Waals surface area contributed by atoms with Crippen molar-refractivity contribution in [2.24, 2.45) is 7.05 Å². The van der Waals surface area contributed by atoms with E-state index in [9.17, 15) is 9.59 Å². The summed E-state index contributed by atoms with van der Waals surface area (Å²) in [6, 6.07) is 16.5. The van der Waals surface area contributed by atoms with Crippen LogP contribution < -0.4 is 10.9 Å². The number of anilines is 1. The lowest BCUT2D eigenvalue weighted by molar-refractivity contribution is 0.101. The normalized spacial score (nSPS) is 11.1. The maximum Gasteiger partial charge on any atom is 0.345 e. The summed E-state index contributed by atoms with van der Waals surface area (Å²) in [6.45, 7) is 1.93. The van der Waals surface area contributed by atoms with Crippen molar-refractivity contribution in [2.75, 3.05) is 5.32 Å². The third-order valence-electron chi connectivity index (χ3n) is 4.42. The summed E-state index contributed by atoms with van der Waals surface area (Å²) in [6.07, 6.45) is 0. The number of rotatable bonds is 2. The van der Waals surface area contributed by atoms with Gasteiger partial charge in [-0.2, -0.15) is 0 Å². The predicted octanol–water partition coefficient (Wildman–Crippen LogP) is 3.85. The summed E-state index contributed by atoms with van der Waals surface area (Å²) < 4.78 is 7.10. The Morgan fingerprint density at radius 2 is 1.76 bits per heavy atom. The topological polar surface area (TPSA) is 64.2 Å². The van der Waals surface area contributed by atoms with E-state index >= 15 is 0 Å². The van der Waals surface area contributed by atoms with Crippen molar-refractivity contribution in [2.45, 2.75) is 6.92 Å². The highest BCUT2D eigenvalue weighted by molar-refractivity contribution is 6.10. The highest BCUT2D eigenvalue weighted by Crippen LogP contribution is 2.25. The van der Waals surface area contributed by atoms with Crippen LogP contribution in [0.1, 0.15) is 16.1 Å². The number of amides is 1. The van der Waals surface area contributed by atoms with Gasteiger partial charge in [-0.25, -0.2) is 4.79 Å². The van der Waals surface area contributed by atoms with Crippen LogP contribution in [-0.2, 0) is 7.05 Å². The summed E-state index contributed by atoms with van der Waals surface area (Å²) in [5, 5.41) is 4.10. The Morgan fingerprint density at radius 1 is 1.04 bits per heavy atom. The fourth-order valence-corrected chi connectivity index (χ4v) is 3.11. The van der Waals surface area contributed by atoms with E-state index in [2.05, 4.69) is 5.32 Å². The van der Waals surface area contributed by atoms with Crippen molar-refractivity contribution in [3.8, 4) is 0 Å². The van der Waals surface area contributed by atoms with E-state index in [1.165, 1.54) is 0 Å². The van der Waals surface area contributed by atoms with Crippen molar-refractivity contribution in [3.05, 3.63) is 76.3 Å². The average molecular weight is 332 g/mol. The van der Waals surface area contributed by atoms with E-state index < -0.39 is 5.63 Å². The Hall–Kier alpha value is -3.34. The molecule has 4 aromatic rings. The lowest BCUT2D eigenvalue weighted by Gasteiger charge is -2.09. The molecule has 0 fully saturated rings. The molecule has 0 bridgehead atoms. The number of benzene rings is 2. The van der Waals surface area contributed by atoms with Gasteiger partial charge in [0.2, 0.25) is 0 Å². The van der Waals surface area contributed by atoms with Gasteiger partial charge in [-0.05, 0) is 36.8 Å². The van der Waals surface area contributed by atoms with Gasteiger partial charge < -0.3 is 14.3 Å². The van der Waals surface area contributed by atoms with Crippen molar-refractivity contribution in [1.29, 1.82) is 0 Å². The predicted molar refractivity (Wildman–Crippen MR) is 98.1 cm³/mol. The van der Waals surface area contributed by atoms with Crippen LogP contribution in [0.2, 0.25) is 0 Å². The molecule has 0 unspecified atom stereocenters. The zero-order valence-electron chi connectivity index (χ0n) is 13.9. The van der Waals surface area contributed by atoms with Crippen LogP contribution >= 0.6 is 0 Å². The lowest BCUT2D eigenvalue weighted by Crippen LogP contribution is -2.16. The standard InChI is InChI=1S/C20H16N2O3/c1-12-7-3-5-9-15(12)21-19(23)16-11-14-18(22(16)2)13-8-4-6-10-17(13)25-20(14)24/h3-11H,1-2H3,(H,21,23). The van der Waals surface area contributed by atoms with Crippen LogP contribution in [0.3, 0.4) is 0 Å². The fraction of sp³-hybridized carbons (Fsp3) is 0.100. The first kappa shape index (κ1) is 15.2. The maximum atomic E-state index is 12.7. The molecule has 0 spiro atoms. The van der Waals surface area contributed by atoms with Crippen LogP contribution in [0.15, 0.2) is 63.8 Å². The number of hydrogen-bond donors (Lipinski definition) is 1. The number of hydrogen-bond acceptors (Lipinski definition) is 3. The molecule has 2 aromatic carbocycles. The molecule has 2 heterocycles. The first-order valence-corrected chi connectivity index (χ1v) is 7.94. The molecule has 2 aromatic heterocycles. The van der Waals surface area contributed by atoms with E-state index in [1.54, 1.807) is 23.7 Å². The van der Waals surface area contributed by atoms with Crippen LogP contribution in [0, 0.1) is 6.92 Å². The minimum absolute atomic E-state index is 0.267. The Labute approximate surface area is 143 Å². The molecule has 1 amide bonds. The van der Waals surface area contributed by atoms with Gasteiger partial charge in [-0.1, -0.05) is 30.3 Å². The number of nitrogens with zero attached hydrogens (tertiary/aromatic N) is 1. The lowest BCUT2D eigenvalue weighted by atomic mass is 10.2. The molecule has 0 atom stereocenters. The van der Waals surface area contributed by atoms with Gasteiger partial charge in [0.15, 0.2) is 0 Å². The van der Waals surface area contributed by atoms with Gasteiger partial charge in [0.25, 0.3) is 5.91 Å². The fourth-order valence-electron chi connectivity index (χ4n) is 3.11. The molecule has 0 saturated heterocycles. The second-order valence-electron chi connectivity index (χ2n) is 6.01. The second-order valence-corrected chi connectivity index (χ2v) is 6.01. The number of carbonyl (C=O) groups excluding carboxylic acids is 1. The molecule has 5 heteroatoms. The Balaban J connectivity index is 1.89. The molecule has 25 heavy (non-hydrogen) atoms. The highest BCUT2D eigenvalue weighted by atomic mass is 16.4. The first-order chi connectivity index (χ1) is 12.1. The number of aryl methyl sites for hydroxylation is 2. The van der Waals surface area contributed by atoms with Gasteiger partial charge in [-0.15, -0.1) is 0 Å². The summed E-state index contributed by atoms with van der Waals surface area (Å²) in [7, 11) is 1.78. The minimum atomic E-state index is -0.445. The van der Waals surface area contributed by atoms with Crippen molar-refractivity contribution in [3.63, 3.8) is 0 Å². The van der Waals surface area contributed by atoms with E-state index in [-0.39, 0.29) is 5.91 Å². The summed E-state index contributed by atoms with van der Waals surface area (Å²) in [4.78, 5) is 25.0. The molecule has 0 aliphatic carbocycles. The van der Waals surface area contributed by atoms with E-state index in [0.717, 1.165) is 16.6 Å². The van der Waals surface area contributed by atoms with Crippen molar-refractivity contribution >= 4 is 33.5 Å². The number of fused-ring (bicyclic) bond motifs is 3. The minimum Gasteiger partial charge on any atom is -0.422 e. The van der Waals surface area contributed by atoms with E-state index in [1.807, 2.05) is 49.4 Å². The number of carbonyl (C=O) groups is 1. The van der Waals surface area contributed by atoms with Crippen LogP contribution in [-0.4, -0.2) is 10.5 Å². The van der Waals surface area contributed by atoms with E-state index in [4.69, 9.17) is 4.42 Å². The van der Waals surface area contributed by atoms with Gasteiger partial charge in [0.05, 0.1) is 10.9 Å².